The second-order valence-corrected chi connectivity index (χ2v) is 6.22. The lowest BCUT2D eigenvalue weighted by Gasteiger charge is -2.25. The maximum absolute atomic E-state index is 12.3. The average molecular weight is 371 g/mol. The number of benzene rings is 1. The van der Waals surface area contributed by atoms with Crippen molar-refractivity contribution in [1.29, 1.82) is 0 Å². The number of carbonyl (C=O) groups is 1. The van der Waals surface area contributed by atoms with Crippen molar-refractivity contribution in [3.63, 3.8) is 0 Å². The van der Waals surface area contributed by atoms with E-state index < -0.39 is 0 Å². The Morgan fingerprint density at radius 1 is 1.19 bits per heavy atom. The molecule has 146 valence electrons. The van der Waals surface area contributed by atoms with Crippen LogP contribution >= 0.6 is 0 Å². The van der Waals surface area contributed by atoms with Crippen LogP contribution in [0.5, 0.6) is 0 Å². The second kappa shape index (κ2) is 10.4. The van der Waals surface area contributed by atoms with Crippen LogP contribution in [0.1, 0.15) is 26.3 Å². The third-order valence-corrected chi connectivity index (χ3v) is 4.25. The van der Waals surface area contributed by atoms with E-state index in [0.717, 1.165) is 30.9 Å². The molecule has 1 aromatic carbocycles. The van der Waals surface area contributed by atoms with Gasteiger partial charge in [0.15, 0.2) is 5.96 Å². The summed E-state index contributed by atoms with van der Waals surface area (Å²) in [6.07, 6.45) is 3.80. The first kappa shape index (κ1) is 20.5. The second-order valence-electron chi connectivity index (χ2n) is 6.22. The summed E-state index contributed by atoms with van der Waals surface area (Å²) in [5.41, 5.74) is 2.03. The smallest absolute Gasteiger partial charge is 0.242 e. The van der Waals surface area contributed by atoms with Crippen molar-refractivity contribution in [3.05, 3.63) is 48.3 Å². The minimum Gasteiger partial charge on any atom is -0.357 e. The quantitative estimate of drug-likeness (QED) is 0.571. The van der Waals surface area contributed by atoms with Gasteiger partial charge in [-0.05, 0) is 32.9 Å². The number of likely N-dealkylation sites (N-methyl/N-ethyl adjacent to an activating group) is 2. The number of aliphatic imine (C=N–C) groups is 1. The van der Waals surface area contributed by atoms with Gasteiger partial charge in [0, 0.05) is 38.4 Å². The number of amides is 1. The number of nitrogens with one attached hydrogen (secondary N) is 1. The highest BCUT2D eigenvalue weighted by Gasteiger charge is 2.15. The van der Waals surface area contributed by atoms with Crippen LogP contribution in [0, 0.1) is 0 Å². The Labute approximate surface area is 161 Å². The highest BCUT2D eigenvalue weighted by atomic mass is 16.2. The number of nitrogens with zero attached hydrogens (tertiary/aromatic N) is 5. The molecule has 2 rings (SSSR count). The molecule has 7 nitrogen and oxygen atoms in total. The van der Waals surface area contributed by atoms with Crippen LogP contribution in [0.25, 0.3) is 5.69 Å². The molecule has 7 heteroatoms. The molecule has 1 aromatic heterocycles. The number of rotatable bonds is 8. The number of hydrogen-bond acceptors (Lipinski definition) is 3. The fourth-order valence-corrected chi connectivity index (χ4v) is 2.75. The lowest BCUT2D eigenvalue weighted by atomic mass is 10.3. The van der Waals surface area contributed by atoms with Crippen molar-refractivity contribution in [3.8, 4) is 5.69 Å². The van der Waals surface area contributed by atoms with E-state index in [2.05, 4.69) is 15.4 Å². The van der Waals surface area contributed by atoms with E-state index >= 15 is 0 Å². The molecule has 0 unspecified atom stereocenters. The first-order chi connectivity index (χ1) is 13.1. The van der Waals surface area contributed by atoms with Crippen LogP contribution in [-0.4, -0.2) is 64.7 Å². The Bertz CT molecular complexity index is 736. The predicted octanol–water partition coefficient (Wildman–Crippen LogP) is 2.14. The minimum absolute atomic E-state index is 0.102. The van der Waals surface area contributed by atoms with Crippen LogP contribution < -0.4 is 5.32 Å². The summed E-state index contributed by atoms with van der Waals surface area (Å²) in [7, 11) is 1.89. The van der Waals surface area contributed by atoms with E-state index in [9.17, 15) is 4.79 Å². The number of hydrogen-bond donors (Lipinski definition) is 1. The molecule has 0 saturated heterocycles. The molecule has 0 aliphatic rings. The number of guanidine groups is 1. The topological polar surface area (TPSA) is 65.8 Å². The Morgan fingerprint density at radius 3 is 2.52 bits per heavy atom. The van der Waals surface area contributed by atoms with E-state index in [1.54, 1.807) is 0 Å². The fraction of sp³-hybridized carbons (Fsp3) is 0.450. The molecular weight excluding hydrogens is 340 g/mol. The van der Waals surface area contributed by atoms with E-state index in [4.69, 9.17) is 0 Å². The van der Waals surface area contributed by atoms with Gasteiger partial charge >= 0.3 is 0 Å². The molecule has 1 amide bonds. The normalized spacial score (nSPS) is 11.3. The van der Waals surface area contributed by atoms with Crippen molar-refractivity contribution < 1.29 is 4.79 Å². The summed E-state index contributed by atoms with van der Waals surface area (Å²) >= 11 is 0. The van der Waals surface area contributed by atoms with Crippen molar-refractivity contribution in [1.82, 2.24) is 24.9 Å². The van der Waals surface area contributed by atoms with E-state index in [1.807, 2.05) is 85.0 Å². The summed E-state index contributed by atoms with van der Waals surface area (Å²) in [4.78, 5) is 20.7. The molecule has 0 aliphatic carbocycles. The third kappa shape index (κ3) is 5.84. The van der Waals surface area contributed by atoms with E-state index in [-0.39, 0.29) is 5.91 Å². The Morgan fingerprint density at radius 2 is 1.89 bits per heavy atom. The molecule has 0 aliphatic heterocycles. The highest BCUT2D eigenvalue weighted by molar-refractivity contribution is 5.86. The monoisotopic (exact) mass is 370 g/mol. The van der Waals surface area contributed by atoms with Crippen LogP contribution in [0.3, 0.4) is 0 Å². The Kier molecular flexibility index (Phi) is 7.85. The van der Waals surface area contributed by atoms with E-state index in [0.29, 0.717) is 19.0 Å². The third-order valence-electron chi connectivity index (χ3n) is 4.25. The average Bonchev–Trinajstić information content (AvgIpc) is 3.15. The standard InChI is InChI=1S/C20H30N6O/c1-5-21-20(24(4)16-19(27)25(6-2)7-3)22-13-17-14-23-26(15-17)18-11-9-8-10-12-18/h8-12,14-15H,5-7,13,16H2,1-4H3,(H,21,22). The zero-order valence-electron chi connectivity index (χ0n) is 16.7. The first-order valence-corrected chi connectivity index (χ1v) is 9.45. The first-order valence-electron chi connectivity index (χ1n) is 9.45. The fourth-order valence-electron chi connectivity index (χ4n) is 2.75. The summed E-state index contributed by atoms with van der Waals surface area (Å²) in [5, 5.41) is 7.65. The van der Waals surface area contributed by atoms with Crippen molar-refractivity contribution in [2.45, 2.75) is 27.3 Å². The largest absolute Gasteiger partial charge is 0.357 e. The van der Waals surface area contributed by atoms with Gasteiger partial charge in [0.1, 0.15) is 0 Å². The zero-order valence-corrected chi connectivity index (χ0v) is 16.7. The maximum Gasteiger partial charge on any atom is 0.242 e. The molecule has 0 bridgehead atoms. The van der Waals surface area contributed by atoms with Crippen LogP contribution in [0.15, 0.2) is 47.7 Å². The minimum atomic E-state index is 0.102. The highest BCUT2D eigenvalue weighted by Crippen LogP contribution is 2.08. The van der Waals surface area contributed by atoms with Gasteiger partial charge in [-0.1, -0.05) is 18.2 Å². The van der Waals surface area contributed by atoms with Gasteiger partial charge in [0.2, 0.25) is 5.91 Å². The Balaban J connectivity index is 2.04. The molecule has 0 saturated carbocycles. The summed E-state index contributed by atoms with van der Waals surface area (Å²) < 4.78 is 1.84. The molecule has 1 N–H and O–H groups in total. The van der Waals surface area contributed by atoms with Gasteiger partial charge in [-0.2, -0.15) is 5.10 Å². The van der Waals surface area contributed by atoms with Gasteiger partial charge in [-0.15, -0.1) is 0 Å². The summed E-state index contributed by atoms with van der Waals surface area (Å²) in [6, 6.07) is 9.98. The van der Waals surface area contributed by atoms with Gasteiger partial charge < -0.3 is 15.1 Å². The van der Waals surface area contributed by atoms with Crippen LogP contribution in [0.2, 0.25) is 0 Å². The van der Waals surface area contributed by atoms with E-state index in [1.165, 1.54) is 0 Å². The molecule has 0 atom stereocenters. The number of carbonyl (C=O) groups excluding carboxylic acids is 1. The molecule has 1 heterocycles. The van der Waals surface area contributed by atoms with Gasteiger partial charge in [-0.3, -0.25) is 4.79 Å². The lowest BCUT2D eigenvalue weighted by molar-refractivity contribution is -0.131. The SMILES string of the molecule is CCNC(=NCc1cnn(-c2ccccc2)c1)N(C)CC(=O)N(CC)CC. The zero-order chi connectivity index (χ0) is 19.6. The van der Waals surface area contributed by atoms with Crippen LogP contribution in [-0.2, 0) is 11.3 Å². The Hall–Kier alpha value is -2.83. The molecule has 0 fully saturated rings. The van der Waals surface area contributed by atoms with Gasteiger partial charge in [0.05, 0.1) is 25.0 Å². The van der Waals surface area contributed by atoms with Crippen molar-refractivity contribution in [2.75, 3.05) is 33.2 Å². The summed E-state index contributed by atoms with van der Waals surface area (Å²) in [5.74, 6) is 0.815. The number of aromatic nitrogens is 2. The molecule has 0 spiro atoms. The molecule has 2 aromatic rings. The predicted molar refractivity (Wildman–Crippen MR) is 109 cm³/mol. The van der Waals surface area contributed by atoms with Gasteiger partial charge in [-0.25, -0.2) is 9.67 Å². The maximum atomic E-state index is 12.3. The molecular formula is C20H30N6O. The van der Waals surface area contributed by atoms with Crippen molar-refractivity contribution in [2.24, 2.45) is 4.99 Å². The lowest BCUT2D eigenvalue weighted by Crippen LogP contribution is -2.45. The van der Waals surface area contributed by atoms with Crippen LogP contribution in [0.4, 0.5) is 0 Å². The molecule has 27 heavy (non-hydrogen) atoms. The van der Waals surface area contributed by atoms with Gasteiger partial charge in [0.25, 0.3) is 0 Å². The molecule has 0 radical (unpaired) electrons. The van der Waals surface area contributed by atoms with Crippen molar-refractivity contribution >= 4 is 11.9 Å². The summed E-state index contributed by atoms with van der Waals surface area (Å²) in [6.45, 7) is 8.98. The number of para-hydroxylation sites is 1.